The van der Waals surface area contributed by atoms with Gasteiger partial charge < -0.3 is 5.73 Å². The van der Waals surface area contributed by atoms with Gasteiger partial charge in [0.25, 0.3) is 0 Å². The Morgan fingerprint density at radius 3 is 2.53 bits per heavy atom. The predicted molar refractivity (Wildman–Crippen MR) is 75.6 cm³/mol. The number of pyridine rings is 1. The fourth-order valence-electron chi connectivity index (χ4n) is 1.82. The van der Waals surface area contributed by atoms with Gasteiger partial charge in [0.2, 0.25) is 0 Å². The zero-order valence-electron chi connectivity index (χ0n) is 10.7. The molecule has 5 heteroatoms. The van der Waals surface area contributed by atoms with Crippen molar-refractivity contribution in [2.75, 3.05) is 11.5 Å². The van der Waals surface area contributed by atoms with Crippen LogP contribution in [0.15, 0.2) is 47.6 Å². The van der Waals surface area contributed by atoms with E-state index < -0.39 is 9.84 Å². The number of benzene rings is 1. The zero-order chi connectivity index (χ0) is 13.9. The maximum absolute atomic E-state index is 12.3. The van der Waals surface area contributed by atoms with Crippen LogP contribution in [0.4, 0.5) is 5.69 Å². The van der Waals surface area contributed by atoms with E-state index in [0.29, 0.717) is 12.1 Å². The highest BCUT2D eigenvalue weighted by Crippen LogP contribution is 2.21. The van der Waals surface area contributed by atoms with Gasteiger partial charge in [-0.2, -0.15) is 0 Å². The van der Waals surface area contributed by atoms with Crippen molar-refractivity contribution in [3.05, 3.63) is 53.9 Å². The number of rotatable bonds is 4. The Morgan fingerprint density at radius 1 is 1.16 bits per heavy atom. The first kappa shape index (κ1) is 13.5. The van der Waals surface area contributed by atoms with E-state index >= 15 is 0 Å². The highest BCUT2D eigenvalue weighted by atomic mass is 32.2. The maximum Gasteiger partial charge on any atom is 0.180 e. The molecule has 100 valence electrons. The summed E-state index contributed by atoms with van der Waals surface area (Å²) in [7, 11) is -3.36. The molecule has 2 rings (SSSR count). The predicted octanol–water partition coefficient (Wildman–Crippen LogP) is 1.99. The molecular formula is C14H16N2O2S. The SMILES string of the molecule is Cc1ccc(N)c(S(=O)(=O)CCc2ccncc2)c1. The lowest BCUT2D eigenvalue weighted by molar-refractivity contribution is 0.595. The van der Waals surface area contributed by atoms with Gasteiger partial charge in [0.05, 0.1) is 16.3 Å². The molecule has 0 bridgehead atoms. The van der Waals surface area contributed by atoms with Crippen LogP contribution >= 0.6 is 0 Å². The summed E-state index contributed by atoms with van der Waals surface area (Å²) in [6, 6.07) is 8.69. The van der Waals surface area contributed by atoms with Crippen molar-refractivity contribution in [3.63, 3.8) is 0 Å². The van der Waals surface area contributed by atoms with Gasteiger partial charge in [0.1, 0.15) is 0 Å². The molecule has 0 spiro atoms. The molecule has 19 heavy (non-hydrogen) atoms. The molecule has 0 fully saturated rings. The Balaban J connectivity index is 2.21. The molecule has 1 heterocycles. The molecule has 0 saturated carbocycles. The molecule has 1 aromatic heterocycles. The molecular weight excluding hydrogens is 260 g/mol. The third-order valence-electron chi connectivity index (χ3n) is 2.91. The van der Waals surface area contributed by atoms with Crippen LogP contribution in [0.2, 0.25) is 0 Å². The lowest BCUT2D eigenvalue weighted by Gasteiger charge is -2.08. The molecule has 0 atom stereocenters. The van der Waals surface area contributed by atoms with E-state index in [2.05, 4.69) is 4.98 Å². The normalized spacial score (nSPS) is 11.4. The number of sulfone groups is 1. The Labute approximate surface area is 113 Å². The Morgan fingerprint density at radius 2 is 1.84 bits per heavy atom. The molecule has 0 aliphatic rings. The first-order chi connectivity index (χ1) is 8.99. The number of aryl methyl sites for hydroxylation is 2. The molecule has 1 aromatic carbocycles. The van der Waals surface area contributed by atoms with E-state index in [0.717, 1.165) is 11.1 Å². The number of nitrogens with zero attached hydrogens (tertiary/aromatic N) is 1. The Hall–Kier alpha value is -1.88. The number of hydrogen-bond donors (Lipinski definition) is 1. The highest BCUT2D eigenvalue weighted by molar-refractivity contribution is 7.91. The minimum absolute atomic E-state index is 0.0463. The van der Waals surface area contributed by atoms with Crippen LogP contribution in [-0.4, -0.2) is 19.2 Å². The lowest BCUT2D eigenvalue weighted by atomic mass is 10.2. The summed E-state index contributed by atoms with van der Waals surface area (Å²) < 4.78 is 24.6. The Kier molecular flexibility index (Phi) is 3.85. The summed E-state index contributed by atoms with van der Waals surface area (Å²) in [5.41, 5.74) is 7.90. The van der Waals surface area contributed by atoms with E-state index in [1.54, 1.807) is 30.6 Å². The molecule has 2 aromatic rings. The van der Waals surface area contributed by atoms with Crippen molar-refractivity contribution in [3.8, 4) is 0 Å². The van der Waals surface area contributed by atoms with Gasteiger partial charge in [-0.15, -0.1) is 0 Å². The highest BCUT2D eigenvalue weighted by Gasteiger charge is 2.17. The number of nitrogens with two attached hydrogens (primary N) is 1. The number of nitrogen functional groups attached to an aromatic ring is 1. The van der Waals surface area contributed by atoms with Gasteiger partial charge in [-0.3, -0.25) is 4.98 Å². The van der Waals surface area contributed by atoms with Crippen molar-refractivity contribution in [1.82, 2.24) is 4.98 Å². The second kappa shape index (κ2) is 5.40. The summed E-state index contributed by atoms with van der Waals surface area (Å²) >= 11 is 0. The first-order valence-corrected chi connectivity index (χ1v) is 7.62. The smallest absolute Gasteiger partial charge is 0.180 e. The Bertz CT molecular complexity index is 667. The van der Waals surface area contributed by atoms with Gasteiger partial charge in [-0.05, 0) is 48.7 Å². The van der Waals surface area contributed by atoms with E-state index in [4.69, 9.17) is 5.73 Å². The van der Waals surface area contributed by atoms with E-state index in [9.17, 15) is 8.42 Å². The molecule has 0 aliphatic heterocycles. The fourth-order valence-corrected chi connectivity index (χ4v) is 3.34. The van der Waals surface area contributed by atoms with Crippen LogP contribution in [0.1, 0.15) is 11.1 Å². The molecule has 4 nitrogen and oxygen atoms in total. The van der Waals surface area contributed by atoms with Crippen molar-refractivity contribution in [2.24, 2.45) is 0 Å². The number of aromatic nitrogens is 1. The van der Waals surface area contributed by atoms with Crippen LogP contribution < -0.4 is 5.73 Å². The largest absolute Gasteiger partial charge is 0.398 e. The van der Waals surface area contributed by atoms with Crippen LogP contribution in [0, 0.1) is 6.92 Å². The summed E-state index contributed by atoms with van der Waals surface area (Å²) in [6.45, 7) is 1.85. The fraction of sp³-hybridized carbons (Fsp3) is 0.214. The molecule has 0 aliphatic carbocycles. The molecule has 0 saturated heterocycles. The van der Waals surface area contributed by atoms with Gasteiger partial charge in [0.15, 0.2) is 9.84 Å². The summed E-state index contributed by atoms with van der Waals surface area (Å²) in [5, 5.41) is 0. The average Bonchev–Trinajstić information content (AvgIpc) is 2.40. The van der Waals surface area contributed by atoms with Crippen LogP contribution in [0.5, 0.6) is 0 Å². The standard InChI is InChI=1S/C14H16N2O2S/c1-11-2-3-13(15)14(10-11)19(17,18)9-6-12-4-7-16-8-5-12/h2-5,7-8,10H,6,9,15H2,1H3. The van der Waals surface area contributed by atoms with Gasteiger partial charge in [-0.25, -0.2) is 8.42 Å². The van der Waals surface area contributed by atoms with E-state index in [-0.39, 0.29) is 10.6 Å². The summed E-state index contributed by atoms with van der Waals surface area (Å²) in [4.78, 5) is 4.13. The first-order valence-electron chi connectivity index (χ1n) is 5.97. The third kappa shape index (κ3) is 3.32. The van der Waals surface area contributed by atoms with Crippen molar-refractivity contribution in [1.29, 1.82) is 0 Å². The van der Waals surface area contributed by atoms with Crippen molar-refractivity contribution in [2.45, 2.75) is 18.2 Å². The van der Waals surface area contributed by atoms with Crippen molar-refractivity contribution >= 4 is 15.5 Å². The topological polar surface area (TPSA) is 73.1 Å². The van der Waals surface area contributed by atoms with Crippen LogP contribution in [-0.2, 0) is 16.3 Å². The molecule has 0 amide bonds. The zero-order valence-corrected chi connectivity index (χ0v) is 11.5. The van der Waals surface area contributed by atoms with Gasteiger partial charge in [-0.1, -0.05) is 6.07 Å². The molecule has 0 unspecified atom stereocenters. The monoisotopic (exact) mass is 276 g/mol. The van der Waals surface area contributed by atoms with Gasteiger partial charge in [0, 0.05) is 12.4 Å². The second-order valence-corrected chi connectivity index (χ2v) is 6.54. The second-order valence-electron chi connectivity index (χ2n) is 4.47. The maximum atomic E-state index is 12.3. The minimum Gasteiger partial charge on any atom is -0.398 e. The molecule has 0 radical (unpaired) electrons. The third-order valence-corrected chi connectivity index (χ3v) is 4.68. The number of hydrogen-bond acceptors (Lipinski definition) is 4. The lowest BCUT2D eigenvalue weighted by Crippen LogP contribution is -2.11. The van der Waals surface area contributed by atoms with Gasteiger partial charge >= 0.3 is 0 Å². The number of anilines is 1. The average molecular weight is 276 g/mol. The van der Waals surface area contributed by atoms with Crippen LogP contribution in [0.3, 0.4) is 0 Å². The van der Waals surface area contributed by atoms with Crippen LogP contribution in [0.25, 0.3) is 0 Å². The van der Waals surface area contributed by atoms with E-state index in [1.165, 1.54) is 0 Å². The quantitative estimate of drug-likeness (QED) is 0.867. The summed E-state index contributed by atoms with van der Waals surface area (Å²) in [5.74, 6) is 0.0463. The molecule has 2 N–H and O–H groups in total. The van der Waals surface area contributed by atoms with E-state index in [1.807, 2.05) is 19.1 Å². The minimum atomic E-state index is -3.36. The summed E-state index contributed by atoms with van der Waals surface area (Å²) in [6.07, 6.45) is 3.77. The van der Waals surface area contributed by atoms with Crippen molar-refractivity contribution < 1.29 is 8.42 Å².